The number of nitrogens with one attached hydrogen (secondary N) is 2. The number of hydrogen-bond donors (Lipinski definition) is 3. The summed E-state index contributed by atoms with van der Waals surface area (Å²) in [7, 11) is 1.95. The number of carbonyl (C=O) groups is 1. The molecule has 0 aromatic heterocycles. The summed E-state index contributed by atoms with van der Waals surface area (Å²) in [5, 5.41) is 14.8. The maximum atomic E-state index is 11.7. The van der Waals surface area contributed by atoms with Gasteiger partial charge in [0.25, 0.3) is 0 Å². The molecule has 1 rings (SSSR count). The van der Waals surface area contributed by atoms with Gasteiger partial charge in [0.1, 0.15) is 0 Å². The maximum Gasteiger partial charge on any atom is 0.221 e. The minimum absolute atomic E-state index is 0.0154. The average molecular weight is 228 g/mol. The van der Waals surface area contributed by atoms with Crippen LogP contribution in [0.4, 0.5) is 0 Å². The third kappa shape index (κ3) is 4.10. The Morgan fingerprint density at radius 2 is 2.00 bits per heavy atom. The van der Waals surface area contributed by atoms with Crippen LogP contribution in [0.25, 0.3) is 0 Å². The summed E-state index contributed by atoms with van der Waals surface area (Å²) in [6.45, 7) is 0.715. The van der Waals surface area contributed by atoms with Gasteiger partial charge >= 0.3 is 0 Å². The van der Waals surface area contributed by atoms with Gasteiger partial charge in [0.2, 0.25) is 5.91 Å². The Kier molecular flexibility index (Phi) is 5.77. The highest BCUT2D eigenvalue weighted by molar-refractivity contribution is 5.77. The molecule has 1 aliphatic rings. The van der Waals surface area contributed by atoms with Gasteiger partial charge in [-0.3, -0.25) is 4.79 Å². The van der Waals surface area contributed by atoms with E-state index in [4.69, 9.17) is 5.11 Å². The second-order valence-corrected chi connectivity index (χ2v) is 4.69. The number of aliphatic hydroxyl groups excluding tert-OH is 1. The van der Waals surface area contributed by atoms with E-state index in [2.05, 4.69) is 10.6 Å². The van der Waals surface area contributed by atoms with Crippen LogP contribution in [0.3, 0.4) is 0 Å². The standard InChI is InChI=1S/C12H24N2O2/c1-13-12(6-3-2-4-7-12)10-11(16)14-8-5-9-15/h13,15H,2-10H2,1H3,(H,14,16). The summed E-state index contributed by atoms with van der Waals surface area (Å²) in [5.74, 6) is 0.102. The molecule has 0 heterocycles. The van der Waals surface area contributed by atoms with Crippen molar-refractivity contribution in [2.75, 3.05) is 20.2 Å². The molecule has 1 fully saturated rings. The van der Waals surface area contributed by atoms with Crippen molar-refractivity contribution in [2.24, 2.45) is 0 Å². The lowest BCUT2D eigenvalue weighted by atomic mass is 9.79. The van der Waals surface area contributed by atoms with Crippen LogP contribution in [0, 0.1) is 0 Å². The fourth-order valence-electron chi connectivity index (χ4n) is 2.42. The van der Waals surface area contributed by atoms with Crippen molar-refractivity contribution in [1.82, 2.24) is 10.6 Å². The van der Waals surface area contributed by atoms with Crippen molar-refractivity contribution in [3.05, 3.63) is 0 Å². The van der Waals surface area contributed by atoms with E-state index in [1.807, 2.05) is 7.05 Å². The summed E-state index contributed by atoms with van der Waals surface area (Å²) in [4.78, 5) is 11.7. The number of hydrogen-bond acceptors (Lipinski definition) is 3. The smallest absolute Gasteiger partial charge is 0.221 e. The summed E-state index contributed by atoms with van der Waals surface area (Å²) >= 11 is 0. The van der Waals surface area contributed by atoms with Gasteiger partial charge in [-0.25, -0.2) is 0 Å². The van der Waals surface area contributed by atoms with Gasteiger partial charge in [-0.1, -0.05) is 19.3 Å². The van der Waals surface area contributed by atoms with E-state index in [0.29, 0.717) is 19.4 Å². The summed E-state index contributed by atoms with van der Waals surface area (Å²) < 4.78 is 0. The van der Waals surface area contributed by atoms with Crippen molar-refractivity contribution in [3.63, 3.8) is 0 Å². The summed E-state index contributed by atoms with van der Waals surface area (Å²) in [6.07, 6.45) is 7.10. The number of aliphatic hydroxyl groups is 1. The van der Waals surface area contributed by atoms with Crippen LogP contribution in [0.1, 0.15) is 44.9 Å². The average Bonchev–Trinajstić information content (AvgIpc) is 2.30. The van der Waals surface area contributed by atoms with Gasteiger partial charge in [0.05, 0.1) is 0 Å². The van der Waals surface area contributed by atoms with Crippen LogP contribution in [-0.2, 0) is 4.79 Å². The number of rotatable bonds is 6. The lowest BCUT2D eigenvalue weighted by molar-refractivity contribution is -0.122. The van der Waals surface area contributed by atoms with E-state index < -0.39 is 0 Å². The molecule has 1 saturated carbocycles. The summed E-state index contributed by atoms with van der Waals surface area (Å²) in [6, 6.07) is 0. The molecule has 1 aliphatic carbocycles. The lowest BCUT2D eigenvalue weighted by Crippen LogP contribution is -2.48. The zero-order valence-electron chi connectivity index (χ0n) is 10.2. The van der Waals surface area contributed by atoms with E-state index in [-0.39, 0.29) is 18.1 Å². The van der Waals surface area contributed by atoms with Gasteiger partial charge in [-0.2, -0.15) is 0 Å². The minimum Gasteiger partial charge on any atom is -0.396 e. The molecular weight excluding hydrogens is 204 g/mol. The van der Waals surface area contributed by atoms with E-state index in [9.17, 15) is 4.79 Å². The second-order valence-electron chi connectivity index (χ2n) is 4.69. The first-order chi connectivity index (χ1) is 7.72. The molecule has 4 nitrogen and oxygen atoms in total. The van der Waals surface area contributed by atoms with Crippen molar-refractivity contribution in [2.45, 2.75) is 50.5 Å². The van der Waals surface area contributed by atoms with Gasteiger partial charge in [-0.15, -0.1) is 0 Å². The van der Waals surface area contributed by atoms with E-state index >= 15 is 0 Å². The Morgan fingerprint density at radius 1 is 1.31 bits per heavy atom. The van der Waals surface area contributed by atoms with Crippen LogP contribution in [0.5, 0.6) is 0 Å². The predicted molar refractivity (Wildman–Crippen MR) is 64.2 cm³/mol. The van der Waals surface area contributed by atoms with E-state index in [1.165, 1.54) is 19.3 Å². The zero-order valence-corrected chi connectivity index (χ0v) is 10.2. The lowest BCUT2D eigenvalue weighted by Gasteiger charge is -2.36. The first kappa shape index (κ1) is 13.5. The van der Waals surface area contributed by atoms with Gasteiger partial charge < -0.3 is 15.7 Å². The van der Waals surface area contributed by atoms with Gasteiger partial charge in [-0.05, 0) is 26.3 Å². The van der Waals surface area contributed by atoms with Crippen LogP contribution in [0.15, 0.2) is 0 Å². The molecule has 94 valence electrons. The normalized spacial score (nSPS) is 19.4. The Morgan fingerprint density at radius 3 is 2.56 bits per heavy atom. The molecular formula is C12H24N2O2. The van der Waals surface area contributed by atoms with Crippen molar-refractivity contribution in [1.29, 1.82) is 0 Å². The molecule has 3 N–H and O–H groups in total. The molecule has 0 bridgehead atoms. The highest BCUT2D eigenvalue weighted by Crippen LogP contribution is 2.30. The first-order valence-corrected chi connectivity index (χ1v) is 6.29. The molecule has 1 amide bonds. The first-order valence-electron chi connectivity index (χ1n) is 6.29. The highest BCUT2D eigenvalue weighted by Gasteiger charge is 2.32. The second kappa shape index (κ2) is 6.86. The number of carbonyl (C=O) groups excluding carboxylic acids is 1. The predicted octanol–water partition coefficient (Wildman–Crippen LogP) is 0.797. The van der Waals surface area contributed by atoms with Crippen molar-refractivity contribution < 1.29 is 9.90 Å². The molecule has 0 aliphatic heterocycles. The maximum absolute atomic E-state index is 11.7. The fourth-order valence-corrected chi connectivity index (χ4v) is 2.42. The number of amides is 1. The molecule has 0 saturated heterocycles. The molecule has 0 aromatic rings. The molecule has 0 aromatic carbocycles. The zero-order chi connectivity index (χ0) is 11.9. The topological polar surface area (TPSA) is 61.4 Å². The monoisotopic (exact) mass is 228 g/mol. The van der Waals surface area contributed by atoms with Gasteiger partial charge in [0, 0.05) is 25.1 Å². The molecule has 4 heteroatoms. The molecule has 16 heavy (non-hydrogen) atoms. The highest BCUT2D eigenvalue weighted by atomic mass is 16.3. The quantitative estimate of drug-likeness (QED) is 0.589. The van der Waals surface area contributed by atoms with Gasteiger partial charge in [0.15, 0.2) is 0 Å². The molecule has 0 spiro atoms. The Labute approximate surface area is 97.8 Å². The fraction of sp³-hybridized carbons (Fsp3) is 0.917. The van der Waals surface area contributed by atoms with Crippen molar-refractivity contribution >= 4 is 5.91 Å². The third-order valence-corrected chi connectivity index (χ3v) is 3.50. The van der Waals surface area contributed by atoms with Crippen LogP contribution >= 0.6 is 0 Å². The van der Waals surface area contributed by atoms with Crippen LogP contribution in [0.2, 0.25) is 0 Å². The van der Waals surface area contributed by atoms with E-state index in [0.717, 1.165) is 12.8 Å². The molecule has 0 unspecified atom stereocenters. The Bertz CT molecular complexity index is 213. The minimum atomic E-state index is 0.0154. The van der Waals surface area contributed by atoms with E-state index in [1.54, 1.807) is 0 Å². The Balaban J connectivity index is 2.33. The van der Waals surface area contributed by atoms with Crippen LogP contribution in [-0.4, -0.2) is 36.8 Å². The third-order valence-electron chi connectivity index (χ3n) is 3.50. The molecule has 0 atom stereocenters. The molecule has 0 radical (unpaired) electrons. The van der Waals surface area contributed by atoms with Crippen molar-refractivity contribution in [3.8, 4) is 0 Å². The SMILES string of the molecule is CNC1(CC(=O)NCCCO)CCCCC1. The van der Waals surface area contributed by atoms with Crippen LogP contribution < -0.4 is 10.6 Å². The largest absolute Gasteiger partial charge is 0.396 e. The Hall–Kier alpha value is -0.610. The summed E-state index contributed by atoms with van der Waals surface area (Å²) in [5.41, 5.74) is 0.0154.